The van der Waals surface area contributed by atoms with Crippen molar-refractivity contribution in [2.24, 2.45) is 0 Å². The van der Waals surface area contributed by atoms with Crippen molar-refractivity contribution in [2.75, 3.05) is 38.5 Å². The van der Waals surface area contributed by atoms with Gasteiger partial charge in [0.15, 0.2) is 5.12 Å². The molecule has 0 aromatic heterocycles. The zero-order chi connectivity index (χ0) is 8.81. The molecule has 0 amide bonds. The molecular weight excluding hydrogens is 172 g/mol. The Morgan fingerprint density at radius 2 is 2.17 bits per heavy atom. The van der Waals surface area contributed by atoms with Crippen LogP contribution in [0.1, 0.15) is 6.92 Å². The Morgan fingerprint density at radius 1 is 1.50 bits per heavy atom. The Kier molecular flexibility index (Phi) is 4.65. The lowest BCUT2D eigenvalue weighted by Gasteiger charge is -2.25. The smallest absolute Gasteiger partial charge is 0.185 e. The quantitative estimate of drug-likeness (QED) is 0.632. The second-order valence-corrected chi connectivity index (χ2v) is 4.12. The van der Waals surface area contributed by atoms with Crippen molar-refractivity contribution in [3.05, 3.63) is 0 Å². The van der Waals surface area contributed by atoms with Crippen LogP contribution in [0.3, 0.4) is 0 Å². The fourth-order valence-electron chi connectivity index (χ4n) is 1.19. The molecular formula is C8H15N2OS. The van der Waals surface area contributed by atoms with Gasteiger partial charge in [0.1, 0.15) is 0 Å². The zero-order valence-electron chi connectivity index (χ0n) is 7.45. The summed E-state index contributed by atoms with van der Waals surface area (Å²) in [6, 6.07) is 0. The van der Waals surface area contributed by atoms with Gasteiger partial charge in [-0.3, -0.25) is 9.69 Å². The molecule has 0 N–H and O–H groups in total. The molecule has 0 spiro atoms. The molecule has 12 heavy (non-hydrogen) atoms. The molecule has 0 aromatic carbocycles. The molecule has 0 bridgehead atoms. The highest BCUT2D eigenvalue weighted by Gasteiger charge is 2.09. The van der Waals surface area contributed by atoms with E-state index in [1.54, 1.807) is 6.92 Å². The summed E-state index contributed by atoms with van der Waals surface area (Å²) >= 11 is 1.41. The average Bonchev–Trinajstić information content (AvgIpc) is 2.05. The maximum Gasteiger partial charge on any atom is 0.185 e. The van der Waals surface area contributed by atoms with Crippen molar-refractivity contribution < 1.29 is 4.79 Å². The van der Waals surface area contributed by atoms with Crippen molar-refractivity contribution in [1.29, 1.82) is 0 Å². The first-order valence-electron chi connectivity index (χ1n) is 4.28. The van der Waals surface area contributed by atoms with Gasteiger partial charge in [-0.05, 0) is 0 Å². The average molecular weight is 187 g/mol. The van der Waals surface area contributed by atoms with Crippen LogP contribution in [-0.4, -0.2) is 48.5 Å². The molecule has 0 unspecified atom stereocenters. The van der Waals surface area contributed by atoms with Crippen molar-refractivity contribution >= 4 is 16.9 Å². The van der Waals surface area contributed by atoms with Gasteiger partial charge in [-0.1, -0.05) is 11.8 Å². The number of hydrogen-bond donors (Lipinski definition) is 0. The van der Waals surface area contributed by atoms with Crippen LogP contribution in [0.25, 0.3) is 0 Å². The van der Waals surface area contributed by atoms with E-state index in [-0.39, 0.29) is 5.12 Å². The minimum atomic E-state index is 0.219. The molecule has 0 aromatic rings. The van der Waals surface area contributed by atoms with Crippen molar-refractivity contribution in [3.63, 3.8) is 0 Å². The molecule has 1 fully saturated rings. The van der Waals surface area contributed by atoms with E-state index in [1.165, 1.54) is 11.8 Å². The molecule has 3 nitrogen and oxygen atoms in total. The maximum atomic E-state index is 10.6. The van der Waals surface area contributed by atoms with E-state index in [9.17, 15) is 4.79 Å². The molecule has 1 rings (SSSR count). The van der Waals surface area contributed by atoms with Crippen molar-refractivity contribution in [1.82, 2.24) is 10.2 Å². The molecule has 0 aliphatic carbocycles. The molecule has 69 valence electrons. The number of hydrogen-bond acceptors (Lipinski definition) is 3. The first-order chi connectivity index (χ1) is 5.79. The molecule has 1 aliphatic heterocycles. The van der Waals surface area contributed by atoms with Gasteiger partial charge in [0.25, 0.3) is 0 Å². The minimum absolute atomic E-state index is 0.219. The Hall–Kier alpha value is -0.0600. The van der Waals surface area contributed by atoms with Crippen LogP contribution >= 0.6 is 11.8 Å². The van der Waals surface area contributed by atoms with E-state index < -0.39 is 0 Å². The summed E-state index contributed by atoms with van der Waals surface area (Å²) < 4.78 is 0. The van der Waals surface area contributed by atoms with Crippen LogP contribution in [-0.2, 0) is 4.79 Å². The summed E-state index contributed by atoms with van der Waals surface area (Å²) in [6.45, 7) is 6.71. The van der Waals surface area contributed by atoms with Crippen LogP contribution in [0.15, 0.2) is 0 Å². The van der Waals surface area contributed by atoms with Gasteiger partial charge in [-0.15, -0.1) is 0 Å². The number of rotatable bonds is 3. The van der Waals surface area contributed by atoms with E-state index in [1.807, 2.05) is 0 Å². The van der Waals surface area contributed by atoms with E-state index in [0.717, 1.165) is 38.5 Å². The molecule has 1 saturated heterocycles. The highest BCUT2D eigenvalue weighted by Crippen LogP contribution is 2.02. The number of piperazine rings is 1. The van der Waals surface area contributed by atoms with Crippen molar-refractivity contribution in [3.8, 4) is 0 Å². The van der Waals surface area contributed by atoms with Crippen molar-refractivity contribution in [2.45, 2.75) is 6.92 Å². The lowest BCUT2D eigenvalue weighted by molar-refractivity contribution is -0.109. The topological polar surface area (TPSA) is 34.4 Å². The zero-order valence-corrected chi connectivity index (χ0v) is 8.27. The number of nitrogens with zero attached hydrogens (tertiary/aromatic N) is 2. The predicted octanol–water partition coefficient (Wildman–Crippen LogP) is 0.186. The normalized spacial score (nSPS) is 19.4. The number of carbonyl (C=O) groups excluding carboxylic acids is 1. The largest absolute Gasteiger partial charge is 0.300 e. The van der Waals surface area contributed by atoms with Crippen LogP contribution in [0, 0.1) is 0 Å². The van der Waals surface area contributed by atoms with E-state index in [0.29, 0.717) is 0 Å². The van der Waals surface area contributed by atoms with Crippen LogP contribution < -0.4 is 5.32 Å². The molecule has 0 saturated carbocycles. The lowest BCUT2D eigenvalue weighted by atomic mass is 10.4. The van der Waals surface area contributed by atoms with Gasteiger partial charge in [-0.25, -0.2) is 5.32 Å². The third-order valence-corrected chi connectivity index (χ3v) is 2.65. The number of thioether (sulfide) groups is 1. The standard InChI is InChI=1S/C8H15N2OS/c1-8(11)12-7-6-10-4-2-9-3-5-10/h2-7H2,1H3. The van der Waals surface area contributed by atoms with E-state index in [4.69, 9.17) is 0 Å². The summed E-state index contributed by atoms with van der Waals surface area (Å²) in [5.74, 6) is 0.926. The van der Waals surface area contributed by atoms with Crippen LogP contribution in [0.5, 0.6) is 0 Å². The Morgan fingerprint density at radius 3 is 2.75 bits per heavy atom. The first-order valence-corrected chi connectivity index (χ1v) is 5.26. The molecule has 1 radical (unpaired) electrons. The second kappa shape index (κ2) is 5.56. The minimum Gasteiger partial charge on any atom is -0.300 e. The van der Waals surface area contributed by atoms with E-state index in [2.05, 4.69) is 10.2 Å². The predicted molar refractivity (Wildman–Crippen MR) is 51.4 cm³/mol. The summed E-state index contributed by atoms with van der Waals surface area (Å²) in [5.41, 5.74) is 0. The van der Waals surface area contributed by atoms with Gasteiger partial charge in [0.2, 0.25) is 0 Å². The van der Waals surface area contributed by atoms with Gasteiger partial charge in [-0.2, -0.15) is 0 Å². The lowest BCUT2D eigenvalue weighted by Crippen LogP contribution is -2.41. The highest BCUT2D eigenvalue weighted by molar-refractivity contribution is 8.13. The highest BCUT2D eigenvalue weighted by atomic mass is 32.2. The Balaban J connectivity index is 2.01. The van der Waals surface area contributed by atoms with Gasteiger partial charge < -0.3 is 0 Å². The third-order valence-electron chi connectivity index (χ3n) is 1.86. The second-order valence-electron chi connectivity index (χ2n) is 2.85. The monoisotopic (exact) mass is 187 g/mol. The summed E-state index contributed by atoms with van der Waals surface area (Å²) in [7, 11) is 0. The SMILES string of the molecule is CC(=O)SCCN1CC[N]CC1. The third kappa shape index (κ3) is 4.09. The maximum absolute atomic E-state index is 10.6. The molecule has 1 heterocycles. The summed E-state index contributed by atoms with van der Waals surface area (Å²) in [4.78, 5) is 13.0. The van der Waals surface area contributed by atoms with Crippen LogP contribution in [0.4, 0.5) is 0 Å². The van der Waals surface area contributed by atoms with Crippen LogP contribution in [0.2, 0.25) is 0 Å². The summed E-state index contributed by atoms with van der Waals surface area (Å²) in [5, 5.41) is 4.47. The summed E-state index contributed by atoms with van der Waals surface area (Å²) in [6.07, 6.45) is 0. The fourth-order valence-corrected chi connectivity index (χ4v) is 1.83. The van der Waals surface area contributed by atoms with Gasteiger partial charge >= 0.3 is 0 Å². The Labute approximate surface area is 77.9 Å². The van der Waals surface area contributed by atoms with Gasteiger partial charge in [0.05, 0.1) is 0 Å². The molecule has 1 aliphatic rings. The fraction of sp³-hybridized carbons (Fsp3) is 0.875. The molecule has 0 atom stereocenters. The van der Waals surface area contributed by atoms with E-state index >= 15 is 0 Å². The van der Waals surface area contributed by atoms with Gasteiger partial charge in [0, 0.05) is 45.4 Å². The Bertz CT molecular complexity index is 146. The molecule has 4 heteroatoms. The first kappa shape index (κ1) is 10.0. The number of carbonyl (C=O) groups is 1.